The Labute approximate surface area is 115 Å². The van der Waals surface area contributed by atoms with Gasteiger partial charge in [0.05, 0.1) is 0 Å². The topological polar surface area (TPSA) is 70.7 Å². The third kappa shape index (κ3) is 3.65. The summed E-state index contributed by atoms with van der Waals surface area (Å²) in [6.07, 6.45) is 0. The minimum atomic E-state index is -0.186. The van der Waals surface area contributed by atoms with E-state index in [0.29, 0.717) is 11.8 Å². The Bertz CT molecular complexity index is 402. The zero-order chi connectivity index (χ0) is 13.0. The van der Waals surface area contributed by atoms with E-state index in [-0.39, 0.29) is 17.6 Å². The highest BCUT2D eigenvalue weighted by molar-refractivity contribution is 8.06. The van der Waals surface area contributed by atoms with Crippen molar-refractivity contribution in [1.82, 2.24) is 20.5 Å². The fourth-order valence-corrected chi connectivity index (χ4v) is 4.19. The highest BCUT2D eigenvalue weighted by Gasteiger charge is 2.18. The van der Waals surface area contributed by atoms with Crippen LogP contribution in [-0.4, -0.2) is 50.1 Å². The van der Waals surface area contributed by atoms with E-state index in [9.17, 15) is 4.79 Å². The predicted molar refractivity (Wildman–Crippen MR) is 76.4 cm³/mol. The molecule has 0 aliphatic carbocycles. The average molecular weight is 286 g/mol. The van der Waals surface area contributed by atoms with E-state index in [1.54, 1.807) is 0 Å². The Morgan fingerprint density at radius 2 is 2.39 bits per heavy atom. The van der Waals surface area contributed by atoms with Gasteiger partial charge in [0.25, 0.3) is 5.91 Å². The van der Waals surface area contributed by atoms with Crippen molar-refractivity contribution in [2.45, 2.75) is 25.0 Å². The maximum absolute atomic E-state index is 11.9. The lowest BCUT2D eigenvalue weighted by Crippen LogP contribution is -2.34. The Morgan fingerprint density at radius 1 is 1.56 bits per heavy atom. The average Bonchev–Trinajstić information content (AvgIpc) is 2.87. The van der Waals surface area contributed by atoms with E-state index in [1.807, 2.05) is 37.4 Å². The first-order valence-corrected chi connectivity index (χ1v) is 8.27. The van der Waals surface area contributed by atoms with Crippen molar-refractivity contribution in [2.75, 3.05) is 23.8 Å². The van der Waals surface area contributed by atoms with E-state index in [2.05, 4.69) is 20.5 Å². The van der Waals surface area contributed by atoms with Gasteiger partial charge in [-0.3, -0.25) is 9.89 Å². The Balaban J connectivity index is 1.83. The first kappa shape index (κ1) is 13.7. The molecule has 7 heteroatoms. The van der Waals surface area contributed by atoms with Gasteiger partial charge in [0.1, 0.15) is 5.82 Å². The SMILES string of the molecule is CC(C)c1nc(C(=O)NCC2CSCCS2)n[nH]1. The van der Waals surface area contributed by atoms with Crippen LogP contribution in [0.3, 0.4) is 0 Å². The van der Waals surface area contributed by atoms with Gasteiger partial charge >= 0.3 is 0 Å². The van der Waals surface area contributed by atoms with Crippen molar-refractivity contribution in [3.05, 3.63) is 11.6 Å². The monoisotopic (exact) mass is 286 g/mol. The predicted octanol–water partition coefficient (Wildman–Crippen LogP) is 1.51. The number of hydrogen-bond acceptors (Lipinski definition) is 5. The van der Waals surface area contributed by atoms with Gasteiger partial charge < -0.3 is 5.32 Å². The van der Waals surface area contributed by atoms with Crippen molar-refractivity contribution in [3.63, 3.8) is 0 Å². The van der Waals surface area contributed by atoms with Crippen molar-refractivity contribution in [3.8, 4) is 0 Å². The molecule has 0 bridgehead atoms. The number of aromatic amines is 1. The van der Waals surface area contributed by atoms with E-state index >= 15 is 0 Å². The molecule has 1 aromatic rings. The number of H-pyrrole nitrogens is 1. The summed E-state index contributed by atoms with van der Waals surface area (Å²) in [5, 5.41) is 10.1. The second-order valence-corrected chi connectivity index (χ2v) is 7.03. The summed E-state index contributed by atoms with van der Waals surface area (Å²) in [5.41, 5.74) is 0. The fraction of sp³-hybridized carbons (Fsp3) is 0.727. The molecule has 1 aliphatic rings. The van der Waals surface area contributed by atoms with E-state index in [1.165, 1.54) is 11.5 Å². The summed E-state index contributed by atoms with van der Waals surface area (Å²) in [7, 11) is 0. The van der Waals surface area contributed by atoms with Crippen molar-refractivity contribution in [1.29, 1.82) is 0 Å². The smallest absolute Gasteiger partial charge is 0.290 e. The molecular formula is C11H18N4OS2. The molecule has 0 radical (unpaired) electrons. The van der Waals surface area contributed by atoms with Crippen molar-refractivity contribution < 1.29 is 4.79 Å². The first-order valence-electron chi connectivity index (χ1n) is 6.06. The molecule has 2 N–H and O–H groups in total. The molecule has 1 saturated heterocycles. The number of amides is 1. The minimum Gasteiger partial charge on any atom is -0.348 e. The lowest BCUT2D eigenvalue weighted by atomic mass is 10.2. The number of carbonyl (C=O) groups is 1. The summed E-state index contributed by atoms with van der Waals surface area (Å²) in [4.78, 5) is 16.0. The van der Waals surface area contributed by atoms with Crippen LogP contribution in [0.25, 0.3) is 0 Å². The molecule has 1 aliphatic heterocycles. The van der Waals surface area contributed by atoms with E-state index in [0.717, 1.165) is 11.6 Å². The molecule has 18 heavy (non-hydrogen) atoms. The van der Waals surface area contributed by atoms with Gasteiger partial charge in [0, 0.05) is 35.0 Å². The molecule has 0 spiro atoms. The number of hydrogen-bond donors (Lipinski definition) is 2. The lowest BCUT2D eigenvalue weighted by molar-refractivity contribution is 0.0944. The van der Waals surface area contributed by atoms with Gasteiger partial charge in [-0.15, -0.1) is 5.10 Å². The molecule has 1 aromatic heterocycles. The quantitative estimate of drug-likeness (QED) is 0.878. The molecular weight excluding hydrogens is 268 g/mol. The van der Waals surface area contributed by atoms with Crippen LogP contribution in [0.15, 0.2) is 0 Å². The number of aromatic nitrogens is 3. The van der Waals surface area contributed by atoms with Crippen molar-refractivity contribution >= 4 is 29.4 Å². The van der Waals surface area contributed by atoms with Crippen LogP contribution < -0.4 is 5.32 Å². The molecule has 1 atom stereocenters. The third-order valence-electron chi connectivity index (χ3n) is 2.63. The van der Waals surface area contributed by atoms with E-state index < -0.39 is 0 Å². The number of rotatable bonds is 4. The van der Waals surface area contributed by atoms with Gasteiger partial charge in [0.2, 0.25) is 5.82 Å². The Morgan fingerprint density at radius 3 is 3.00 bits per heavy atom. The standard InChI is InChI=1S/C11H18N4OS2/c1-7(2)9-13-10(15-14-9)11(16)12-5-8-6-17-3-4-18-8/h7-8H,3-6H2,1-2H3,(H,12,16)(H,13,14,15). The van der Waals surface area contributed by atoms with Gasteiger partial charge in [0.15, 0.2) is 0 Å². The second kappa shape index (κ2) is 6.47. The summed E-state index contributed by atoms with van der Waals surface area (Å²) in [5.74, 6) is 4.56. The molecule has 5 nitrogen and oxygen atoms in total. The summed E-state index contributed by atoms with van der Waals surface area (Å²) in [6.45, 7) is 4.72. The largest absolute Gasteiger partial charge is 0.348 e. The number of carbonyl (C=O) groups excluding carboxylic acids is 1. The zero-order valence-electron chi connectivity index (χ0n) is 10.6. The molecule has 1 fully saturated rings. The van der Waals surface area contributed by atoms with Crippen LogP contribution >= 0.6 is 23.5 Å². The summed E-state index contributed by atoms with van der Waals surface area (Å²) < 4.78 is 0. The van der Waals surface area contributed by atoms with Gasteiger partial charge in [-0.2, -0.15) is 23.5 Å². The Hall–Kier alpha value is -0.690. The molecule has 2 heterocycles. The molecule has 1 amide bonds. The van der Waals surface area contributed by atoms with Gasteiger partial charge in [-0.05, 0) is 0 Å². The number of nitrogens with zero attached hydrogens (tertiary/aromatic N) is 2. The first-order chi connectivity index (χ1) is 8.66. The zero-order valence-corrected chi connectivity index (χ0v) is 12.2. The molecule has 0 aromatic carbocycles. The van der Waals surface area contributed by atoms with Gasteiger partial charge in [-0.25, -0.2) is 4.98 Å². The normalized spacial score (nSPS) is 20.1. The lowest BCUT2D eigenvalue weighted by Gasteiger charge is -2.20. The van der Waals surface area contributed by atoms with Crippen LogP contribution in [0.5, 0.6) is 0 Å². The van der Waals surface area contributed by atoms with Gasteiger partial charge in [-0.1, -0.05) is 13.8 Å². The molecule has 2 rings (SSSR count). The fourth-order valence-electron chi connectivity index (χ4n) is 1.57. The van der Waals surface area contributed by atoms with Crippen molar-refractivity contribution in [2.24, 2.45) is 0 Å². The van der Waals surface area contributed by atoms with Crippen LogP contribution in [0.2, 0.25) is 0 Å². The third-order valence-corrected chi connectivity index (χ3v) is 5.47. The molecule has 100 valence electrons. The molecule has 1 unspecified atom stereocenters. The minimum absolute atomic E-state index is 0.186. The maximum Gasteiger partial charge on any atom is 0.290 e. The highest BCUT2D eigenvalue weighted by atomic mass is 32.2. The number of nitrogens with one attached hydrogen (secondary N) is 2. The Kier molecular flexibility index (Phi) is 4.94. The van der Waals surface area contributed by atoms with Crippen LogP contribution in [0.4, 0.5) is 0 Å². The highest BCUT2D eigenvalue weighted by Crippen LogP contribution is 2.23. The maximum atomic E-state index is 11.9. The van der Waals surface area contributed by atoms with Crippen LogP contribution in [0.1, 0.15) is 36.2 Å². The van der Waals surface area contributed by atoms with E-state index in [4.69, 9.17) is 0 Å². The van der Waals surface area contributed by atoms with Crippen LogP contribution in [-0.2, 0) is 0 Å². The molecule has 0 saturated carbocycles. The summed E-state index contributed by atoms with van der Waals surface area (Å²) in [6, 6.07) is 0. The second-order valence-electron chi connectivity index (χ2n) is 4.48. The van der Waals surface area contributed by atoms with Crippen LogP contribution in [0, 0.1) is 0 Å². The number of thioether (sulfide) groups is 2. The summed E-state index contributed by atoms with van der Waals surface area (Å²) >= 11 is 3.88.